The molecule has 0 radical (unpaired) electrons. The number of amides is 1. The molecule has 0 aliphatic carbocycles. The molecule has 1 aliphatic rings. The Morgan fingerprint density at radius 1 is 1.30 bits per heavy atom. The number of hydrogen-bond donors (Lipinski definition) is 1. The number of aromatic nitrogens is 2. The maximum Gasteiger partial charge on any atom is 0.269 e. The van der Waals surface area contributed by atoms with Gasteiger partial charge in [-0.15, -0.1) is 0 Å². The summed E-state index contributed by atoms with van der Waals surface area (Å²) in [7, 11) is 2.13. The van der Waals surface area contributed by atoms with Crippen molar-refractivity contribution in [2.24, 2.45) is 0 Å². The highest BCUT2D eigenvalue weighted by Crippen LogP contribution is 2.30. The Bertz CT molecular complexity index is 659. The van der Waals surface area contributed by atoms with Crippen molar-refractivity contribution >= 4 is 5.91 Å². The summed E-state index contributed by atoms with van der Waals surface area (Å²) in [6.45, 7) is 1.67. The van der Waals surface area contributed by atoms with Gasteiger partial charge in [0.1, 0.15) is 5.69 Å². The van der Waals surface area contributed by atoms with E-state index in [9.17, 15) is 4.79 Å². The third-order valence-corrected chi connectivity index (χ3v) is 4.31. The number of nitrogens with one attached hydrogen (secondary N) is 1. The zero-order valence-corrected chi connectivity index (χ0v) is 13.4. The zero-order valence-electron chi connectivity index (χ0n) is 13.4. The van der Waals surface area contributed by atoms with E-state index in [0.29, 0.717) is 18.3 Å². The van der Waals surface area contributed by atoms with Gasteiger partial charge in [-0.3, -0.25) is 19.7 Å². The Hall–Kier alpha value is -2.27. The molecule has 0 unspecified atom stereocenters. The lowest BCUT2D eigenvalue weighted by Gasteiger charge is -2.19. The molecule has 23 heavy (non-hydrogen) atoms. The highest BCUT2D eigenvalue weighted by molar-refractivity contribution is 5.92. The Kier molecular flexibility index (Phi) is 4.98. The first-order chi connectivity index (χ1) is 11.2. The topological polar surface area (TPSA) is 58.1 Å². The fourth-order valence-electron chi connectivity index (χ4n) is 3.05. The Labute approximate surface area is 136 Å². The van der Waals surface area contributed by atoms with Crippen LogP contribution in [0.25, 0.3) is 0 Å². The van der Waals surface area contributed by atoms with E-state index in [-0.39, 0.29) is 5.91 Å². The summed E-state index contributed by atoms with van der Waals surface area (Å²) in [6.07, 6.45) is 6.56. The molecule has 1 saturated heterocycles. The first kappa shape index (κ1) is 15.6. The second kappa shape index (κ2) is 7.33. The predicted molar refractivity (Wildman–Crippen MR) is 89.1 cm³/mol. The molecular weight excluding hydrogens is 288 g/mol. The maximum absolute atomic E-state index is 12.3. The van der Waals surface area contributed by atoms with Crippen LogP contribution >= 0.6 is 0 Å². The molecule has 0 saturated carbocycles. The molecule has 2 aromatic heterocycles. The van der Waals surface area contributed by atoms with Crippen LogP contribution in [0.4, 0.5) is 0 Å². The summed E-state index contributed by atoms with van der Waals surface area (Å²) < 4.78 is 0. The lowest BCUT2D eigenvalue weighted by molar-refractivity contribution is 0.0949. The molecule has 0 bridgehead atoms. The van der Waals surface area contributed by atoms with Crippen molar-refractivity contribution in [3.8, 4) is 0 Å². The molecule has 5 nitrogen and oxygen atoms in total. The molecule has 1 aliphatic heterocycles. The number of likely N-dealkylation sites (tertiary alicyclic amines) is 1. The fourth-order valence-corrected chi connectivity index (χ4v) is 3.05. The van der Waals surface area contributed by atoms with Gasteiger partial charge < -0.3 is 5.32 Å². The van der Waals surface area contributed by atoms with Gasteiger partial charge in [-0.05, 0) is 56.3 Å². The van der Waals surface area contributed by atoms with Gasteiger partial charge in [0.15, 0.2) is 0 Å². The van der Waals surface area contributed by atoms with E-state index in [0.717, 1.165) is 25.1 Å². The molecule has 1 fully saturated rings. The lowest BCUT2D eigenvalue weighted by atomic mass is 10.1. The molecule has 5 heteroatoms. The Morgan fingerprint density at radius 3 is 2.96 bits per heavy atom. The molecule has 120 valence electrons. The Balaban J connectivity index is 1.59. The number of carbonyl (C=O) groups excluding carboxylic acids is 1. The smallest absolute Gasteiger partial charge is 0.269 e. The van der Waals surface area contributed by atoms with Gasteiger partial charge in [-0.2, -0.15) is 0 Å². The molecule has 3 rings (SSSR count). The van der Waals surface area contributed by atoms with E-state index >= 15 is 0 Å². The molecule has 1 atom stereocenters. The van der Waals surface area contributed by atoms with Crippen LogP contribution in [0.5, 0.6) is 0 Å². The molecule has 1 amide bonds. The Morgan fingerprint density at radius 2 is 2.22 bits per heavy atom. The summed E-state index contributed by atoms with van der Waals surface area (Å²) in [5, 5.41) is 2.92. The summed E-state index contributed by atoms with van der Waals surface area (Å²) in [5.41, 5.74) is 2.64. The van der Waals surface area contributed by atoms with E-state index in [2.05, 4.69) is 27.2 Å². The first-order valence-electron chi connectivity index (χ1n) is 8.08. The molecule has 1 N–H and O–H groups in total. The van der Waals surface area contributed by atoms with Gasteiger partial charge >= 0.3 is 0 Å². The quantitative estimate of drug-likeness (QED) is 0.920. The number of hydrogen-bond acceptors (Lipinski definition) is 4. The van der Waals surface area contributed by atoms with Crippen LogP contribution in [-0.4, -0.2) is 40.9 Å². The van der Waals surface area contributed by atoms with E-state index in [1.807, 2.05) is 30.3 Å². The molecule has 0 spiro atoms. The minimum Gasteiger partial charge on any atom is -0.350 e. The summed E-state index contributed by atoms with van der Waals surface area (Å²) >= 11 is 0. The van der Waals surface area contributed by atoms with Crippen LogP contribution in [0.1, 0.15) is 40.6 Å². The zero-order chi connectivity index (χ0) is 16.1. The third kappa shape index (κ3) is 3.93. The fraction of sp³-hybridized carbons (Fsp3) is 0.389. The monoisotopic (exact) mass is 310 g/mol. The second-order valence-electron chi connectivity index (χ2n) is 5.94. The molecule has 2 aromatic rings. The molecule has 3 heterocycles. The van der Waals surface area contributed by atoms with Crippen molar-refractivity contribution < 1.29 is 4.79 Å². The first-order valence-corrected chi connectivity index (χ1v) is 8.08. The average molecular weight is 310 g/mol. The van der Waals surface area contributed by atoms with Gasteiger partial charge in [0.05, 0.1) is 0 Å². The molecule has 0 aromatic carbocycles. The van der Waals surface area contributed by atoms with E-state index < -0.39 is 0 Å². The van der Waals surface area contributed by atoms with Gasteiger partial charge in [0.2, 0.25) is 0 Å². The van der Waals surface area contributed by atoms with Crippen molar-refractivity contribution in [3.05, 3.63) is 59.7 Å². The maximum atomic E-state index is 12.3. The number of carbonyl (C=O) groups is 1. The van der Waals surface area contributed by atoms with Crippen molar-refractivity contribution in [2.75, 3.05) is 20.1 Å². The largest absolute Gasteiger partial charge is 0.350 e. The van der Waals surface area contributed by atoms with Gasteiger partial charge in [-0.25, -0.2) is 0 Å². The summed E-state index contributed by atoms with van der Waals surface area (Å²) in [6, 6.07) is 10.1. The van der Waals surface area contributed by atoms with E-state index in [1.165, 1.54) is 12.0 Å². The number of rotatable bonds is 5. The highest BCUT2D eigenvalue weighted by atomic mass is 16.1. The summed E-state index contributed by atoms with van der Waals surface area (Å²) in [4.78, 5) is 23.1. The second-order valence-corrected chi connectivity index (χ2v) is 5.94. The van der Waals surface area contributed by atoms with E-state index in [4.69, 9.17) is 0 Å². The minimum absolute atomic E-state index is 0.122. The van der Waals surface area contributed by atoms with Gasteiger partial charge in [0, 0.05) is 37.1 Å². The average Bonchev–Trinajstić information content (AvgIpc) is 3.02. The van der Waals surface area contributed by atoms with Gasteiger partial charge in [-0.1, -0.05) is 6.07 Å². The van der Waals surface area contributed by atoms with Crippen LogP contribution in [0.3, 0.4) is 0 Å². The van der Waals surface area contributed by atoms with Crippen LogP contribution in [0, 0.1) is 0 Å². The van der Waals surface area contributed by atoms with Crippen molar-refractivity contribution in [1.82, 2.24) is 20.2 Å². The van der Waals surface area contributed by atoms with Crippen LogP contribution in [0.15, 0.2) is 42.7 Å². The third-order valence-electron chi connectivity index (χ3n) is 4.31. The summed E-state index contributed by atoms with van der Waals surface area (Å²) in [5.74, 6) is -0.122. The van der Waals surface area contributed by atoms with Crippen molar-refractivity contribution in [3.63, 3.8) is 0 Å². The SMILES string of the molecule is CN1CCC[C@H]1c1ccnc(C(=O)NCCc2ccccn2)c1. The predicted octanol–water partition coefficient (Wildman–Crippen LogP) is 2.22. The number of nitrogens with zero attached hydrogens (tertiary/aromatic N) is 3. The highest BCUT2D eigenvalue weighted by Gasteiger charge is 2.23. The van der Waals surface area contributed by atoms with E-state index in [1.54, 1.807) is 12.4 Å². The van der Waals surface area contributed by atoms with Crippen LogP contribution in [0.2, 0.25) is 0 Å². The lowest BCUT2D eigenvalue weighted by Crippen LogP contribution is -2.27. The minimum atomic E-state index is -0.122. The van der Waals surface area contributed by atoms with Crippen molar-refractivity contribution in [1.29, 1.82) is 0 Å². The number of pyridine rings is 2. The normalized spacial score (nSPS) is 18.0. The van der Waals surface area contributed by atoms with Crippen molar-refractivity contribution in [2.45, 2.75) is 25.3 Å². The van der Waals surface area contributed by atoms with Gasteiger partial charge in [0.25, 0.3) is 5.91 Å². The van der Waals surface area contributed by atoms with Crippen LogP contribution < -0.4 is 5.32 Å². The van der Waals surface area contributed by atoms with Crippen LogP contribution in [-0.2, 0) is 6.42 Å². The molecular formula is C18H22N4O. The standard InChI is InChI=1S/C18H22N4O/c1-22-12-4-6-17(22)14-7-10-20-16(13-14)18(23)21-11-8-15-5-2-3-9-19-15/h2-3,5,7,9-10,13,17H,4,6,8,11-12H2,1H3,(H,21,23)/t17-/m0/s1.